The molecule has 0 fully saturated rings. The molecular formula is C12H4BrCl2F3OS. The molecule has 0 aliphatic heterocycles. The third-order valence-electron chi connectivity index (χ3n) is 2.44. The Bertz CT molecular complexity index is 682. The summed E-state index contributed by atoms with van der Waals surface area (Å²) in [6, 6.07) is 4.19. The molecule has 20 heavy (non-hydrogen) atoms. The van der Waals surface area contributed by atoms with Gasteiger partial charge in [0.1, 0.15) is 4.34 Å². The lowest BCUT2D eigenvalue weighted by Gasteiger charge is -2.09. The Morgan fingerprint density at radius 3 is 2.30 bits per heavy atom. The molecule has 106 valence electrons. The van der Waals surface area contributed by atoms with E-state index < -0.39 is 17.5 Å². The molecule has 0 unspecified atom stereocenters. The van der Waals surface area contributed by atoms with Crippen molar-refractivity contribution in [2.24, 2.45) is 0 Å². The summed E-state index contributed by atoms with van der Waals surface area (Å²) in [5.74, 6) is -0.615. The van der Waals surface area contributed by atoms with Crippen LogP contribution >= 0.6 is 50.5 Å². The van der Waals surface area contributed by atoms with Gasteiger partial charge >= 0.3 is 6.18 Å². The number of rotatable bonds is 2. The smallest absolute Gasteiger partial charge is 0.288 e. The van der Waals surface area contributed by atoms with E-state index in [-0.39, 0.29) is 19.9 Å². The van der Waals surface area contributed by atoms with Gasteiger partial charge in [0, 0.05) is 10.0 Å². The Morgan fingerprint density at radius 2 is 1.80 bits per heavy atom. The highest BCUT2D eigenvalue weighted by Crippen LogP contribution is 2.36. The van der Waals surface area contributed by atoms with Crippen molar-refractivity contribution in [3.05, 3.63) is 54.1 Å². The quantitative estimate of drug-likeness (QED) is 0.556. The van der Waals surface area contributed by atoms with Gasteiger partial charge < -0.3 is 0 Å². The van der Waals surface area contributed by atoms with Crippen molar-refractivity contribution in [2.45, 2.75) is 6.18 Å². The minimum Gasteiger partial charge on any atom is -0.288 e. The second-order valence-electron chi connectivity index (χ2n) is 3.76. The lowest BCUT2D eigenvalue weighted by atomic mass is 10.0. The van der Waals surface area contributed by atoms with Gasteiger partial charge in [-0.1, -0.05) is 39.1 Å². The Labute approximate surface area is 134 Å². The molecule has 0 amide bonds. The molecule has 0 atom stereocenters. The molecule has 1 aromatic carbocycles. The van der Waals surface area contributed by atoms with Crippen LogP contribution in [0, 0.1) is 0 Å². The van der Waals surface area contributed by atoms with Gasteiger partial charge in [-0.05, 0) is 24.3 Å². The Kier molecular flexibility index (Phi) is 4.49. The van der Waals surface area contributed by atoms with Crippen molar-refractivity contribution < 1.29 is 18.0 Å². The predicted molar refractivity (Wildman–Crippen MR) is 76.9 cm³/mol. The van der Waals surface area contributed by atoms with Crippen LogP contribution in [0.4, 0.5) is 13.2 Å². The van der Waals surface area contributed by atoms with Gasteiger partial charge in [0.15, 0.2) is 5.78 Å². The molecule has 1 heterocycles. The second kappa shape index (κ2) is 5.67. The highest BCUT2D eigenvalue weighted by Gasteiger charge is 2.32. The van der Waals surface area contributed by atoms with Crippen LogP contribution in [0.25, 0.3) is 0 Å². The van der Waals surface area contributed by atoms with Crippen molar-refractivity contribution in [1.82, 2.24) is 0 Å². The van der Waals surface area contributed by atoms with Crippen LogP contribution < -0.4 is 0 Å². The summed E-state index contributed by atoms with van der Waals surface area (Å²) in [4.78, 5) is 12.2. The number of carbonyl (C=O) groups is 1. The van der Waals surface area contributed by atoms with Crippen molar-refractivity contribution in [1.29, 1.82) is 0 Å². The lowest BCUT2D eigenvalue weighted by molar-refractivity contribution is -0.137. The van der Waals surface area contributed by atoms with Gasteiger partial charge in [0.25, 0.3) is 0 Å². The summed E-state index contributed by atoms with van der Waals surface area (Å²) in [6.45, 7) is 0. The molecule has 1 aromatic heterocycles. The largest absolute Gasteiger partial charge is 0.416 e. The molecule has 0 N–H and O–H groups in total. The molecule has 0 radical (unpaired) electrons. The predicted octanol–water partition coefficient (Wildman–Crippen LogP) is 6.07. The summed E-state index contributed by atoms with van der Waals surface area (Å²) in [7, 11) is 0. The topological polar surface area (TPSA) is 17.1 Å². The Hall–Kier alpha value is -0.560. The highest BCUT2D eigenvalue weighted by atomic mass is 79.9. The number of benzene rings is 1. The van der Waals surface area contributed by atoms with E-state index >= 15 is 0 Å². The SMILES string of the molecule is O=C(c1cc(C(F)(F)F)ccc1Br)c1cc(Cl)sc1Cl. The number of hydrogen-bond acceptors (Lipinski definition) is 2. The number of hydrogen-bond donors (Lipinski definition) is 0. The van der Waals surface area contributed by atoms with Gasteiger partial charge in [-0.15, -0.1) is 11.3 Å². The summed E-state index contributed by atoms with van der Waals surface area (Å²) >= 11 is 15.6. The number of halogens is 6. The highest BCUT2D eigenvalue weighted by molar-refractivity contribution is 9.10. The molecule has 8 heteroatoms. The van der Waals surface area contributed by atoms with Crippen molar-refractivity contribution >= 4 is 56.3 Å². The second-order valence-corrected chi connectivity index (χ2v) is 6.90. The molecule has 2 aromatic rings. The van der Waals surface area contributed by atoms with E-state index in [1.807, 2.05) is 0 Å². The van der Waals surface area contributed by atoms with Crippen LogP contribution in [0.1, 0.15) is 21.5 Å². The molecule has 0 aliphatic carbocycles. The monoisotopic (exact) mass is 402 g/mol. The maximum atomic E-state index is 12.7. The fourth-order valence-corrected chi connectivity index (χ4v) is 3.40. The minimum atomic E-state index is -4.52. The summed E-state index contributed by atoms with van der Waals surface area (Å²) in [5, 5.41) is 0. The standard InChI is InChI=1S/C12H4BrCl2F3OS/c13-8-2-1-5(12(16,17)18)3-6(8)10(19)7-4-9(14)20-11(7)15/h1-4H. The maximum absolute atomic E-state index is 12.7. The first-order valence-electron chi connectivity index (χ1n) is 5.06. The number of thiophene rings is 1. The van der Waals surface area contributed by atoms with E-state index in [1.165, 1.54) is 12.1 Å². The lowest BCUT2D eigenvalue weighted by Crippen LogP contribution is -2.08. The van der Waals surface area contributed by atoms with E-state index in [9.17, 15) is 18.0 Å². The maximum Gasteiger partial charge on any atom is 0.416 e. The Balaban J connectivity index is 2.52. The van der Waals surface area contributed by atoms with Crippen LogP contribution in [0.2, 0.25) is 8.67 Å². The van der Waals surface area contributed by atoms with Gasteiger partial charge in [-0.25, -0.2) is 0 Å². The van der Waals surface area contributed by atoms with Crippen LogP contribution in [-0.4, -0.2) is 5.78 Å². The molecule has 0 bridgehead atoms. The average Bonchev–Trinajstić information content (AvgIpc) is 2.66. The van der Waals surface area contributed by atoms with Crippen LogP contribution in [0.5, 0.6) is 0 Å². The van der Waals surface area contributed by atoms with E-state index in [2.05, 4.69) is 15.9 Å². The number of carbonyl (C=O) groups excluding carboxylic acids is 1. The zero-order valence-corrected chi connectivity index (χ0v) is 13.3. The van der Waals surface area contributed by atoms with Gasteiger partial charge in [-0.3, -0.25) is 4.79 Å². The summed E-state index contributed by atoms with van der Waals surface area (Å²) in [5.41, 5.74) is -0.931. The van der Waals surface area contributed by atoms with Crippen molar-refractivity contribution in [3.8, 4) is 0 Å². The zero-order chi connectivity index (χ0) is 15.1. The summed E-state index contributed by atoms with van der Waals surface area (Å²) < 4.78 is 38.7. The third-order valence-corrected chi connectivity index (χ3v) is 4.62. The van der Waals surface area contributed by atoms with E-state index in [4.69, 9.17) is 23.2 Å². The van der Waals surface area contributed by atoms with Crippen LogP contribution in [0.3, 0.4) is 0 Å². The first-order valence-corrected chi connectivity index (χ1v) is 7.43. The van der Waals surface area contributed by atoms with Crippen LogP contribution in [0.15, 0.2) is 28.7 Å². The Morgan fingerprint density at radius 1 is 1.15 bits per heavy atom. The normalized spacial score (nSPS) is 11.7. The van der Waals surface area contributed by atoms with Crippen molar-refractivity contribution in [3.63, 3.8) is 0 Å². The first-order chi connectivity index (χ1) is 9.20. The van der Waals surface area contributed by atoms with Gasteiger partial charge in [0.05, 0.1) is 15.5 Å². The first kappa shape index (κ1) is 15.8. The molecule has 0 spiro atoms. The van der Waals surface area contributed by atoms with Crippen LogP contribution in [-0.2, 0) is 6.18 Å². The van der Waals surface area contributed by atoms with Gasteiger partial charge in [0.2, 0.25) is 0 Å². The third kappa shape index (κ3) is 3.19. The minimum absolute atomic E-state index is 0.0849. The summed E-state index contributed by atoms with van der Waals surface area (Å²) in [6.07, 6.45) is -4.52. The molecular weight excluding hydrogens is 400 g/mol. The van der Waals surface area contributed by atoms with E-state index in [0.29, 0.717) is 4.34 Å². The fraction of sp³-hybridized carbons (Fsp3) is 0.0833. The number of ketones is 1. The number of alkyl halides is 3. The molecule has 0 saturated carbocycles. The fourth-order valence-electron chi connectivity index (χ4n) is 1.52. The molecule has 2 rings (SSSR count). The van der Waals surface area contributed by atoms with Crippen molar-refractivity contribution in [2.75, 3.05) is 0 Å². The molecule has 0 aliphatic rings. The van der Waals surface area contributed by atoms with E-state index in [0.717, 1.165) is 23.5 Å². The van der Waals surface area contributed by atoms with Gasteiger partial charge in [-0.2, -0.15) is 13.2 Å². The molecule has 0 saturated heterocycles. The zero-order valence-electron chi connectivity index (χ0n) is 9.39. The van der Waals surface area contributed by atoms with E-state index in [1.54, 1.807) is 0 Å². The average molecular weight is 404 g/mol. The molecule has 1 nitrogen and oxygen atoms in total.